The van der Waals surface area contributed by atoms with Crippen molar-refractivity contribution in [1.82, 2.24) is 13.7 Å². The number of aryl methyl sites for hydroxylation is 2. The fraction of sp³-hybridized carbons (Fsp3) is 0.0400. The summed E-state index contributed by atoms with van der Waals surface area (Å²) in [6.07, 6.45) is 0. The van der Waals surface area contributed by atoms with E-state index in [0.29, 0.717) is 0 Å². The maximum Gasteiger partial charge on any atom is 0.0663 e. The van der Waals surface area contributed by atoms with Gasteiger partial charge >= 0.3 is 0 Å². The average molecular weight is 678 g/mol. The van der Waals surface area contributed by atoms with Gasteiger partial charge in [0.15, 0.2) is 0 Å². The van der Waals surface area contributed by atoms with Gasteiger partial charge in [-0.05, 0) is 96.8 Å². The Morgan fingerprint density at radius 2 is 0.679 bits per heavy atom. The van der Waals surface area contributed by atoms with E-state index in [-0.39, 0.29) is 0 Å². The summed E-state index contributed by atoms with van der Waals surface area (Å²) in [6, 6.07) is 64.5. The first-order valence-electron chi connectivity index (χ1n) is 18.4. The summed E-state index contributed by atoms with van der Waals surface area (Å²) >= 11 is 0. The van der Waals surface area contributed by atoms with Crippen LogP contribution in [0.5, 0.6) is 0 Å². The molecule has 53 heavy (non-hydrogen) atoms. The third-order valence-electron chi connectivity index (χ3n) is 11.3. The Labute approximate surface area is 307 Å². The van der Waals surface area contributed by atoms with Gasteiger partial charge in [0, 0.05) is 49.4 Å². The second kappa shape index (κ2) is 11.3. The molecule has 0 saturated carbocycles. The molecule has 0 radical (unpaired) electrons. The number of aromatic nitrogens is 3. The van der Waals surface area contributed by atoms with Crippen molar-refractivity contribution in [2.45, 2.75) is 13.8 Å². The van der Waals surface area contributed by atoms with E-state index in [2.05, 4.69) is 203 Å². The Morgan fingerprint density at radius 1 is 0.302 bits per heavy atom. The van der Waals surface area contributed by atoms with Crippen LogP contribution < -0.4 is 0 Å². The number of para-hydroxylation sites is 5. The topological polar surface area (TPSA) is 14.8 Å². The lowest BCUT2D eigenvalue weighted by Crippen LogP contribution is -1.97. The van der Waals surface area contributed by atoms with Crippen molar-refractivity contribution < 1.29 is 0 Å². The molecule has 0 unspecified atom stereocenters. The molecule has 0 spiro atoms. The van der Waals surface area contributed by atoms with Gasteiger partial charge in [0.1, 0.15) is 0 Å². The van der Waals surface area contributed by atoms with E-state index in [1.807, 2.05) is 0 Å². The largest absolute Gasteiger partial charge is 0.308 e. The number of benzene rings is 8. The summed E-state index contributed by atoms with van der Waals surface area (Å²) in [5.74, 6) is 0. The van der Waals surface area contributed by atoms with Gasteiger partial charge < -0.3 is 13.7 Å². The third kappa shape index (κ3) is 4.22. The number of hydrogen-bond acceptors (Lipinski definition) is 0. The van der Waals surface area contributed by atoms with Gasteiger partial charge in [0.2, 0.25) is 0 Å². The number of nitrogens with zero attached hydrogens (tertiary/aromatic N) is 3. The van der Waals surface area contributed by atoms with Crippen molar-refractivity contribution in [3.63, 3.8) is 0 Å². The molecular weight excluding hydrogens is 643 g/mol. The molecule has 0 saturated heterocycles. The van der Waals surface area contributed by atoms with Crippen molar-refractivity contribution in [3.8, 4) is 28.2 Å². The highest BCUT2D eigenvalue weighted by Gasteiger charge is 2.28. The van der Waals surface area contributed by atoms with Gasteiger partial charge in [0.05, 0.1) is 33.1 Å². The van der Waals surface area contributed by atoms with Crippen LogP contribution in [-0.2, 0) is 0 Å². The summed E-state index contributed by atoms with van der Waals surface area (Å²) in [4.78, 5) is 0. The van der Waals surface area contributed by atoms with Gasteiger partial charge in [-0.25, -0.2) is 0 Å². The lowest BCUT2D eigenvalue weighted by molar-refractivity contribution is 1.17. The van der Waals surface area contributed by atoms with E-state index in [0.717, 1.165) is 17.1 Å². The summed E-state index contributed by atoms with van der Waals surface area (Å²) < 4.78 is 7.53. The smallest absolute Gasteiger partial charge is 0.0663 e. The quantitative estimate of drug-likeness (QED) is 0.176. The van der Waals surface area contributed by atoms with E-state index >= 15 is 0 Å². The van der Waals surface area contributed by atoms with Crippen LogP contribution in [0.2, 0.25) is 0 Å². The van der Waals surface area contributed by atoms with Crippen LogP contribution in [0.15, 0.2) is 176 Å². The first-order chi connectivity index (χ1) is 26.2. The Bertz CT molecular complexity index is 3170. The lowest BCUT2D eigenvalue weighted by atomic mass is 9.98. The molecule has 0 aliphatic carbocycles. The van der Waals surface area contributed by atoms with Crippen LogP contribution in [0.4, 0.5) is 0 Å². The minimum atomic E-state index is 1.14. The molecule has 0 N–H and O–H groups in total. The zero-order chi connectivity index (χ0) is 35.2. The molecule has 11 rings (SSSR count). The number of hydrogen-bond donors (Lipinski definition) is 0. The first-order valence-corrected chi connectivity index (χ1v) is 18.4. The molecule has 250 valence electrons. The summed E-state index contributed by atoms with van der Waals surface area (Å²) in [5.41, 5.74) is 15.7. The van der Waals surface area contributed by atoms with Gasteiger partial charge in [0.25, 0.3) is 0 Å². The van der Waals surface area contributed by atoms with Crippen molar-refractivity contribution in [3.05, 3.63) is 187 Å². The van der Waals surface area contributed by atoms with E-state index < -0.39 is 0 Å². The van der Waals surface area contributed by atoms with Crippen LogP contribution >= 0.6 is 0 Å². The highest BCUT2D eigenvalue weighted by atomic mass is 15.0. The fourth-order valence-corrected chi connectivity index (χ4v) is 8.84. The van der Waals surface area contributed by atoms with E-state index in [9.17, 15) is 0 Å². The maximum absolute atomic E-state index is 2.52. The summed E-state index contributed by atoms with van der Waals surface area (Å²) in [5, 5.41) is 7.50. The molecular formula is C50H35N3. The minimum Gasteiger partial charge on any atom is -0.308 e. The molecule has 0 aliphatic rings. The zero-order valence-electron chi connectivity index (χ0n) is 29.6. The first kappa shape index (κ1) is 29.8. The van der Waals surface area contributed by atoms with Gasteiger partial charge in [-0.2, -0.15) is 0 Å². The van der Waals surface area contributed by atoms with Crippen LogP contribution in [0, 0.1) is 13.8 Å². The molecule has 11 aromatic rings. The SMILES string of the molecule is Cc1ccc(-c2ccc3c(c2)c2c4c(c5ccccc5n4-c4ccccc4)c4c(c5ccccc5n4-c4ccccc4)c2n3-c2ccccc2)cc1C. The van der Waals surface area contributed by atoms with Crippen molar-refractivity contribution >= 4 is 65.4 Å². The Kier molecular flexibility index (Phi) is 6.38. The van der Waals surface area contributed by atoms with E-state index in [4.69, 9.17) is 0 Å². The van der Waals surface area contributed by atoms with Gasteiger partial charge in [-0.3, -0.25) is 0 Å². The molecule has 3 heteroatoms. The van der Waals surface area contributed by atoms with E-state index in [1.165, 1.54) is 87.7 Å². The normalized spacial score (nSPS) is 12.0. The third-order valence-corrected chi connectivity index (χ3v) is 11.3. The van der Waals surface area contributed by atoms with Crippen molar-refractivity contribution in [2.24, 2.45) is 0 Å². The Hall–Kier alpha value is -6.84. The highest BCUT2D eigenvalue weighted by molar-refractivity contribution is 6.40. The fourth-order valence-electron chi connectivity index (χ4n) is 8.84. The molecule has 0 atom stereocenters. The number of fused-ring (bicyclic) bond motifs is 12. The van der Waals surface area contributed by atoms with Crippen LogP contribution in [-0.4, -0.2) is 13.7 Å². The Morgan fingerprint density at radius 3 is 1.15 bits per heavy atom. The van der Waals surface area contributed by atoms with Crippen LogP contribution in [0.1, 0.15) is 11.1 Å². The predicted molar refractivity (Wildman–Crippen MR) is 224 cm³/mol. The molecule has 0 bridgehead atoms. The second-order valence-electron chi connectivity index (χ2n) is 14.2. The van der Waals surface area contributed by atoms with Crippen LogP contribution in [0.25, 0.3) is 93.6 Å². The molecule has 0 fully saturated rings. The monoisotopic (exact) mass is 677 g/mol. The second-order valence-corrected chi connectivity index (χ2v) is 14.2. The van der Waals surface area contributed by atoms with E-state index in [1.54, 1.807) is 0 Å². The van der Waals surface area contributed by atoms with Gasteiger partial charge in [-0.15, -0.1) is 0 Å². The molecule has 8 aromatic carbocycles. The maximum atomic E-state index is 2.52. The summed E-state index contributed by atoms with van der Waals surface area (Å²) in [6.45, 7) is 4.39. The predicted octanol–water partition coefficient (Wildman–Crippen LogP) is 13.3. The van der Waals surface area contributed by atoms with Gasteiger partial charge in [-0.1, -0.05) is 115 Å². The number of rotatable bonds is 4. The lowest BCUT2D eigenvalue weighted by Gasteiger charge is -2.13. The average Bonchev–Trinajstić information content (AvgIpc) is 3.85. The molecule has 0 aliphatic heterocycles. The summed E-state index contributed by atoms with van der Waals surface area (Å²) in [7, 11) is 0. The molecule has 3 heterocycles. The highest BCUT2D eigenvalue weighted by Crippen LogP contribution is 2.50. The minimum absolute atomic E-state index is 1.14. The van der Waals surface area contributed by atoms with Crippen LogP contribution in [0.3, 0.4) is 0 Å². The molecule has 3 nitrogen and oxygen atoms in total. The van der Waals surface area contributed by atoms with Crippen molar-refractivity contribution in [2.75, 3.05) is 0 Å². The zero-order valence-corrected chi connectivity index (χ0v) is 29.6. The molecule has 0 amide bonds. The Balaban J connectivity index is 1.49. The van der Waals surface area contributed by atoms with Crippen molar-refractivity contribution in [1.29, 1.82) is 0 Å². The molecule has 3 aromatic heterocycles. The standard InChI is InChI=1S/C50H35N3/c1-32-26-27-34(30-33(32)2)35-28-29-44-41(31-35)47-49-45(40-23-13-15-25-43(40)52(49)37-18-8-4-9-19-37)48-46(50(47)53(44)38-20-10-5-11-21-38)39-22-12-14-24-42(39)51(48)36-16-6-3-7-17-36/h3-31H,1-2H3.